The number of nitrogens with zero attached hydrogens (tertiary/aromatic N) is 1. The molecule has 1 fully saturated rings. The molecule has 0 unspecified atom stereocenters. The van der Waals surface area contributed by atoms with E-state index in [1.165, 1.54) is 0 Å². The van der Waals surface area contributed by atoms with E-state index in [0.29, 0.717) is 6.04 Å². The van der Waals surface area contributed by atoms with Crippen LogP contribution in [0.1, 0.15) is 32.6 Å². The van der Waals surface area contributed by atoms with Crippen molar-refractivity contribution in [1.82, 2.24) is 4.90 Å². The topological polar surface area (TPSA) is 23.5 Å². The zero-order chi connectivity index (χ0) is 9.68. The van der Waals surface area contributed by atoms with Crippen LogP contribution in [0.4, 0.5) is 0 Å². The van der Waals surface area contributed by atoms with Crippen molar-refractivity contribution in [2.75, 3.05) is 13.1 Å². The SMILES string of the molecule is C#CCCCN1C[C@H](O)CC[C@H]1C. The van der Waals surface area contributed by atoms with Crippen LogP contribution in [0.15, 0.2) is 0 Å². The number of unbranched alkanes of at least 4 members (excludes halogenated alkanes) is 1. The van der Waals surface area contributed by atoms with Crippen molar-refractivity contribution in [3.05, 3.63) is 0 Å². The first-order chi connectivity index (χ1) is 6.24. The third kappa shape index (κ3) is 3.38. The molecule has 2 heteroatoms. The van der Waals surface area contributed by atoms with Crippen LogP contribution in [0.3, 0.4) is 0 Å². The summed E-state index contributed by atoms with van der Waals surface area (Å²) in [6, 6.07) is 0.612. The standard InChI is InChI=1S/C11H19NO/c1-3-4-5-8-12-9-11(13)7-6-10(12)2/h1,10-11,13H,4-9H2,2H3/t10-,11-/m1/s1. The lowest BCUT2D eigenvalue weighted by Crippen LogP contribution is -2.44. The fourth-order valence-corrected chi connectivity index (χ4v) is 1.85. The van der Waals surface area contributed by atoms with E-state index in [0.717, 1.165) is 38.8 Å². The maximum atomic E-state index is 9.47. The first kappa shape index (κ1) is 10.6. The first-order valence-corrected chi connectivity index (χ1v) is 5.09. The average molecular weight is 181 g/mol. The summed E-state index contributed by atoms with van der Waals surface area (Å²) in [5.41, 5.74) is 0. The van der Waals surface area contributed by atoms with Crippen LogP contribution in [0, 0.1) is 12.3 Å². The highest BCUT2D eigenvalue weighted by Gasteiger charge is 2.22. The highest BCUT2D eigenvalue weighted by molar-refractivity contribution is 4.85. The largest absolute Gasteiger partial charge is 0.392 e. The van der Waals surface area contributed by atoms with E-state index >= 15 is 0 Å². The molecular weight excluding hydrogens is 162 g/mol. The van der Waals surface area contributed by atoms with Crippen molar-refractivity contribution in [3.8, 4) is 12.3 Å². The van der Waals surface area contributed by atoms with E-state index in [1.54, 1.807) is 0 Å². The zero-order valence-electron chi connectivity index (χ0n) is 8.37. The molecule has 1 rings (SSSR count). The van der Waals surface area contributed by atoms with Crippen LogP contribution in [0.2, 0.25) is 0 Å². The third-order valence-electron chi connectivity index (χ3n) is 2.75. The molecule has 0 bridgehead atoms. The Morgan fingerprint density at radius 1 is 1.54 bits per heavy atom. The fourth-order valence-electron chi connectivity index (χ4n) is 1.85. The monoisotopic (exact) mass is 181 g/mol. The second kappa shape index (κ2) is 5.26. The van der Waals surface area contributed by atoms with Crippen molar-refractivity contribution in [2.45, 2.75) is 44.8 Å². The van der Waals surface area contributed by atoms with Gasteiger partial charge in [0.05, 0.1) is 6.10 Å². The number of aliphatic hydroxyl groups excluding tert-OH is 1. The maximum absolute atomic E-state index is 9.47. The van der Waals surface area contributed by atoms with E-state index in [-0.39, 0.29) is 6.10 Å². The minimum Gasteiger partial charge on any atom is -0.392 e. The number of hydrogen-bond acceptors (Lipinski definition) is 2. The molecule has 2 nitrogen and oxygen atoms in total. The summed E-state index contributed by atoms with van der Waals surface area (Å²) in [5.74, 6) is 2.64. The van der Waals surface area contributed by atoms with Gasteiger partial charge in [0, 0.05) is 19.0 Å². The second-order valence-electron chi connectivity index (χ2n) is 3.88. The lowest BCUT2D eigenvalue weighted by atomic mass is 10.0. The summed E-state index contributed by atoms with van der Waals surface area (Å²) in [5, 5.41) is 9.47. The molecule has 0 spiro atoms. The summed E-state index contributed by atoms with van der Waals surface area (Å²) in [4.78, 5) is 2.34. The molecule has 1 aliphatic heterocycles. The van der Waals surface area contributed by atoms with Crippen molar-refractivity contribution in [3.63, 3.8) is 0 Å². The van der Waals surface area contributed by atoms with Gasteiger partial charge in [-0.15, -0.1) is 12.3 Å². The minimum atomic E-state index is -0.123. The number of piperidine rings is 1. The molecule has 1 heterocycles. The van der Waals surface area contributed by atoms with Gasteiger partial charge in [0.2, 0.25) is 0 Å². The zero-order valence-corrected chi connectivity index (χ0v) is 8.37. The third-order valence-corrected chi connectivity index (χ3v) is 2.75. The lowest BCUT2D eigenvalue weighted by molar-refractivity contribution is 0.0407. The van der Waals surface area contributed by atoms with Crippen LogP contribution in [-0.4, -0.2) is 35.2 Å². The van der Waals surface area contributed by atoms with Gasteiger partial charge in [0.1, 0.15) is 0 Å². The Bertz CT molecular complexity index is 185. The van der Waals surface area contributed by atoms with E-state index in [9.17, 15) is 5.11 Å². The molecule has 0 aromatic carbocycles. The molecule has 0 saturated carbocycles. The van der Waals surface area contributed by atoms with E-state index in [1.807, 2.05) is 0 Å². The molecule has 13 heavy (non-hydrogen) atoms. The number of rotatable bonds is 3. The molecular formula is C11H19NO. The molecule has 0 radical (unpaired) electrons. The summed E-state index contributed by atoms with van der Waals surface area (Å²) in [7, 11) is 0. The smallest absolute Gasteiger partial charge is 0.0667 e. The highest BCUT2D eigenvalue weighted by Crippen LogP contribution is 2.17. The molecule has 0 aromatic rings. The van der Waals surface area contributed by atoms with Crippen LogP contribution >= 0.6 is 0 Å². The maximum Gasteiger partial charge on any atom is 0.0667 e. The van der Waals surface area contributed by atoms with Crippen LogP contribution < -0.4 is 0 Å². The molecule has 1 N–H and O–H groups in total. The van der Waals surface area contributed by atoms with Crippen molar-refractivity contribution in [1.29, 1.82) is 0 Å². The Kier molecular flexibility index (Phi) is 4.27. The first-order valence-electron chi connectivity index (χ1n) is 5.09. The van der Waals surface area contributed by atoms with Crippen LogP contribution in [-0.2, 0) is 0 Å². The van der Waals surface area contributed by atoms with Gasteiger partial charge in [0.15, 0.2) is 0 Å². The van der Waals surface area contributed by atoms with Gasteiger partial charge < -0.3 is 5.11 Å². The Balaban J connectivity index is 2.26. The normalized spacial score (nSPS) is 29.9. The summed E-state index contributed by atoms with van der Waals surface area (Å²) < 4.78 is 0. The van der Waals surface area contributed by atoms with E-state index in [2.05, 4.69) is 17.7 Å². The second-order valence-corrected chi connectivity index (χ2v) is 3.88. The number of hydrogen-bond donors (Lipinski definition) is 1. The van der Waals surface area contributed by atoms with Crippen molar-refractivity contribution < 1.29 is 5.11 Å². The Morgan fingerprint density at radius 2 is 2.31 bits per heavy atom. The predicted molar refractivity (Wildman–Crippen MR) is 54.3 cm³/mol. The summed E-state index contributed by atoms with van der Waals surface area (Å²) >= 11 is 0. The summed E-state index contributed by atoms with van der Waals surface area (Å²) in [6.45, 7) is 4.08. The molecule has 0 aliphatic carbocycles. The van der Waals surface area contributed by atoms with Crippen molar-refractivity contribution >= 4 is 0 Å². The summed E-state index contributed by atoms with van der Waals surface area (Å²) in [6.07, 6.45) is 9.02. The quantitative estimate of drug-likeness (QED) is 0.523. The van der Waals surface area contributed by atoms with Crippen molar-refractivity contribution in [2.24, 2.45) is 0 Å². The Morgan fingerprint density at radius 3 is 3.00 bits per heavy atom. The van der Waals surface area contributed by atoms with Gasteiger partial charge in [-0.2, -0.15) is 0 Å². The average Bonchev–Trinajstić information content (AvgIpc) is 2.11. The number of likely N-dealkylation sites (tertiary alicyclic amines) is 1. The van der Waals surface area contributed by atoms with Gasteiger partial charge >= 0.3 is 0 Å². The van der Waals surface area contributed by atoms with Gasteiger partial charge in [-0.1, -0.05) is 0 Å². The van der Waals surface area contributed by atoms with Crippen LogP contribution in [0.5, 0.6) is 0 Å². The number of β-amino-alcohol motifs (C(OH)–C–C–N with tert-alkyl or cyclic N) is 1. The van der Waals surface area contributed by atoms with Gasteiger partial charge in [-0.05, 0) is 32.7 Å². The molecule has 2 atom stereocenters. The Labute approximate surface area is 80.9 Å². The van der Waals surface area contributed by atoms with Crippen LogP contribution in [0.25, 0.3) is 0 Å². The van der Waals surface area contributed by atoms with Gasteiger partial charge in [-0.25, -0.2) is 0 Å². The molecule has 1 saturated heterocycles. The predicted octanol–water partition coefficient (Wildman–Crippen LogP) is 1.25. The fraction of sp³-hybridized carbons (Fsp3) is 0.818. The number of aliphatic hydroxyl groups is 1. The van der Waals surface area contributed by atoms with Gasteiger partial charge in [0.25, 0.3) is 0 Å². The van der Waals surface area contributed by atoms with Gasteiger partial charge in [-0.3, -0.25) is 4.90 Å². The van der Waals surface area contributed by atoms with E-state index < -0.39 is 0 Å². The molecule has 1 aliphatic rings. The highest BCUT2D eigenvalue weighted by atomic mass is 16.3. The molecule has 0 aromatic heterocycles. The molecule has 0 amide bonds. The minimum absolute atomic E-state index is 0.123. The molecule has 74 valence electrons. The number of terminal acetylenes is 1. The Hall–Kier alpha value is -0.520. The van der Waals surface area contributed by atoms with E-state index in [4.69, 9.17) is 6.42 Å². The lowest BCUT2D eigenvalue weighted by Gasteiger charge is -2.35.